The molecule has 0 unspecified atom stereocenters. The Balaban J connectivity index is 0. The number of ether oxygens (including phenoxy) is 2. The van der Waals surface area contributed by atoms with Gasteiger partial charge in [-0.1, -0.05) is 0 Å². The van der Waals surface area contributed by atoms with Crippen LogP contribution in [0.5, 0.6) is 0 Å². The van der Waals surface area contributed by atoms with Crippen LogP contribution in [0.4, 0.5) is 0 Å². The van der Waals surface area contributed by atoms with Gasteiger partial charge in [-0.05, 0) is 41.5 Å². The fourth-order valence-corrected chi connectivity index (χ4v) is 0.832. The van der Waals surface area contributed by atoms with Gasteiger partial charge >= 0.3 is 11.9 Å². The highest BCUT2D eigenvalue weighted by Crippen LogP contribution is 2.21. The van der Waals surface area contributed by atoms with Gasteiger partial charge in [0.2, 0.25) is 0 Å². The van der Waals surface area contributed by atoms with E-state index in [0.29, 0.717) is 0 Å². The molecule has 0 saturated heterocycles. The maximum Gasteiger partial charge on any atom is 0.318 e. The van der Waals surface area contributed by atoms with E-state index in [9.17, 15) is 14.4 Å². The highest BCUT2D eigenvalue weighted by atomic mass is 16.5. The van der Waals surface area contributed by atoms with Gasteiger partial charge in [0.1, 0.15) is 11.2 Å². The average molecular weight is 290 g/mol. The summed E-state index contributed by atoms with van der Waals surface area (Å²) in [6.45, 7) is 9.31. The first-order valence-electron chi connectivity index (χ1n) is 6.21. The highest BCUT2D eigenvalue weighted by Gasteiger charge is 2.34. The van der Waals surface area contributed by atoms with Gasteiger partial charge in [-0.15, -0.1) is 0 Å². The molecule has 118 valence electrons. The largest absolute Gasteiger partial charge is 0.469 e. The van der Waals surface area contributed by atoms with Gasteiger partial charge in [0.25, 0.3) is 0 Å². The minimum atomic E-state index is -0.991. The number of Topliss-reactive ketones (excluding diaryl/α,β-unsaturated/α-hetero) is 1. The summed E-state index contributed by atoms with van der Waals surface area (Å²) in [5.74, 6) is -1.05. The van der Waals surface area contributed by atoms with Gasteiger partial charge in [-0.3, -0.25) is 14.4 Å². The minimum Gasteiger partial charge on any atom is -0.469 e. The van der Waals surface area contributed by atoms with Crippen molar-refractivity contribution >= 4 is 17.7 Å². The van der Waals surface area contributed by atoms with Crippen LogP contribution in [-0.2, 0) is 23.9 Å². The van der Waals surface area contributed by atoms with Crippen LogP contribution >= 0.6 is 0 Å². The van der Waals surface area contributed by atoms with E-state index in [1.54, 1.807) is 34.6 Å². The molecule has 0 spiro atoms. The van der Waals surface area contributed by atoms with Crippen LogP contribution in [0.25, 0.3) is 0 Å². The van der Waals surface area contributed by atoms with Crippen LogP contribution in [0.2, 0.25) is 0 Å². The summed E-state index contributed by atoms with van der Waals surface area (Å²) >= 11 is 0. The normalized spacial score (nSPS) is 12.7. The number of aliphatic hydroxyl groups is 1. The zero-order valence-electron chi connectivity index (χ0n) is 13.6. The van der Waals surface area contributed by atoms with Gasteiger partial charge < -0.3 is 14.6 Å². The molecule has 20 heavy (non-hydrogen) atoms. The maximum absolute atomic E-state index is 10.9. The molecule has 0 rings (SSSR count). The van der Waals surface area contributed by atoms with Crippen LogP contribution in [0.15, 0.2) is 0 Å². The van der Waals surface area contributed by atoms with E-state index < -0.39 is 22.9 Å². The SMILES string of the molecule is COC(=O)C(C)(C)C(C)=O.COC(=O)C(C)(C)[C@H](C)O. The molecule has 0 aromatic heterocycles. The summed E-state index contributed by atoms with van der Waals surface area (Å²) in [7, 11) is 2.58. The topological polar surface area (TPSA) is 89.9 Å². The number of rotatable bonds is 4. The Labute approximate surface area is 120 Å². The zero-order chi connectivity index (χ0) is 16.7. The predicted octanol–water partition coefficient (Wildman–Crippen LogP) is 1.34. The van der Waals surface area contributed by atoms with Crippen molar-refractivity contribution in [2.75, 3.05) is 14.2 Å². The summed E-state index contributed by atoms with van der Waals surface area (Å²) in [5, 5.41) is 9.08. The van der Waals surface area contributed by atoms with Crippen LogP contribution < -0.4 is 0 Å². The van der Waals surface area contributed by atoms with Crippen molar-refractivity contribution in [2.24, 2.45) is 10.8 Å². The van der Waals surface area contributed by atoms with E-state index in [1.807, 2.05) is 0 Å². The molecule has 1 atom stereocenters. The van der Waals surface area contributed by atoms with E-state index in [0.717, 1.165) is 0 Å². The van der Waals surface area contributed by atoms with Crippen LogP contribution in [-0.4, -0.2) is 43.2 Å². The summed E-state index contributed by atoms with van der Waals surface area (Å²) in [6.07, 6.45) is -0.681. The molecule has 0 aromatic rings. The molecule has 6 heteroatoms. The molecular weight excluding hydrogens is 264 g/mol. The first-order chi connectivity index (χ1) is 8.85. The van der Waals surface area contributed by atoms with Crippen molar-refractivity contribution in [3.05, 3.63) is 0 Å². The number of methoxy groups -OCH3 is 2. The van der Waals surface area contributed by atoms with Gasteiger partial charge in [-0.25, -0.2) is 0 Å². The average Bonchev–Trinajstić information content (AvgIpc) is 2.36. The molecule has 0 aromatic carbocycles. The number of aliphatic hydroxyl groups excluding tert-OH is 1. The standard InChI is InChI=1S/C7H14O3.C7H12O3/c2*1-5(8)7(2,3)6(9)10-4/h5,8H,1-4H3;1-4H3/t5-;/m0./s1. The third-order valence-electron chi connectivity index (χ3n) is 3.33. The first-order valence-corrected chi connectivity index (χ1v) is 6.21. The van der Waals surface area contributed by atoms with E-state index >= 15 is 0 Å². The molecule has 1 N–H and O–H groups in total. The summed E-state index contributed by atoms with van der Waals surface area (Å²) in [6, 6.07) is 0. The lowest BCUT2D eigenvalue weighted by Gasteiger charge is -2.24. The first kappa shape index (κ1) is 20.9. The predicted molar refractivity (Wildman–Crippen MR) is 74.0 cm³/mol. The number of carbonyl (C=O) groups excluding carboxylic acids is 3. The molecule has 0 aliphatic rings. The quantitative estimate of drug-likeness (QED) is 0.620. The summed E-state index contributed by atoms with van der Waals surface area (Å²) in [5.41, 5.74) is -1.79. The molecule has 0 radical (unpaired) electrons. The fraction of sp³-hybridized carbons (Fsp3) is 0.786. The molecule has 0 fully saturated rings. The fourth-order valence-electron chi connectivity index (χ4n) is 0.832. The van der Waals surface area contributed by atoms with Crippen molar-refractivity contribution in [1.82, 2.24) is 0 Å². The number of hydrogen-bond acceptors (Lipinski definition) is 6. The molecule has 0 aliphatic carbocycles. The maximum atomic E-state index is 10.9. The lowest BCUT2D eigenvalue weighted by molar-refractivity contribution is -0.157. The number of ketones is 1. The van der Waals surface area contributed by atoms with Crippen molar-refractivity contribution in [2.45, 2.75) is 47.6 Å². The lowest BCUT2D eigenvalue weighted by Crippen LogP contribution is -2.36. The van der Waals surface area contributed by atoms with Gasteiger partial charge in [0.15, 0.2) is 0 Å². The molecule has 0 saturated carbocycles. The monoisotopic (exact) mass is 290 g/mol. The molecule has 0 bridgehead atoms. The Morgan fingerprint density at radius 2 is 1.30 bits per heavy atom. The Morgan fingerprint density at radius 3 is 1.40 bits per heavy atom. The van der Waals surface area contributed by atoms with Crippen molar-refractivity contribution in [3.63, 3.8) is 0 Å². The van der Waals surface area contributed by atoms with Crippen LogP contribution in [0.1, 0.15) is 41.5 Å². The second-order valence-electron chi connectivity index (χ2n) is 5.56. The molecule has 0 amide bonds. The highest BCUT2D eigenvalue weighted by molar-refractivity contribution is 6.01. The Kier molecular flexibility index (Phi) is 8.34. The van der Waals surface area contributed by atoms with E-state index in [-0.39, 0.29) is 11.8 Å². The summed E-state index contributed by atoms with van der Waals surface area (Å²) < 4.78 is 8.89. The van der Waals surface area contributed by atoms with Crippen molar-refractivity contribution < 1.29 is 29.0 Å². The third kappa shape index (κ3) is 5.69. The number of carbonyl (C=O) groups is 3. The van der Waals surface area contributed by atoms with Crippen molar-refractivity contribution in [1.29, 1.82) is 0 Å². The van der Waals surface area contributed by atoms with Gasteiger partial charge in [0, 0.05) is 0 Å². The molecular formula is C14H26O6. The zero-order valence-corrected chi connectivity index (χ0v) is 13.6. The van der Waals surface area contributed by atoms with Crippen molar-refractivity contribution in [3.8, 4) is 0 Å². The Morgan fingerprint density at radius 1 is 0.950 bits per heavy atom. The van der Waals surface area contributed by atoms with E-state index in [1.165, 1.54) is 21.1 Å². The second kappa shape index (κ2) is 7.99. The molecule has 6 nitrogen and oxygen atoms in total. The van der Waals surface area contributed by atoms with E-state index in [4.69, 9.17) is 5.11 Å². The molecule has 0 aliphatic heterocycles. The van der Waals surface area contributed by atoms with E-state index in [2.05, 4.69) is 9.47 Å². The van der Waals surface area contributed by atoms with Crippen LogP contribution in [0.3, 0.4) is 0 Å². The lowest BCUT2D eigenvalue weighted by atomic mass is 9.88. The second-order valence-corrected chi connectivity index (χ2v) is 5.56. The third-order valence-corrected chi connectivity index (χ3v) is 3.33. The smallest absolute Gasteiger partial charge is 0.318 e. The van der Waals surface area contributed by atoms with Gasteiger partial charge in [0.05, 0.1) is 25.7 Å². The Bertz CT molecular complexity index is 355. The van der Waals surface area contributed by atoms with Gasteiger partial charge in [-0.2, -0.15) is 0 Å². The number of esters is 2. The molecule has 0 heterocycles. The summed E-state index contributed by atoms with van der Waals surface area (Å²) in [4.78, 5) is 32.5. The Hall–Kier alpha value is -1.43. The minimum absolute atomic E-state index is 0.181. The van der Waals surface area contributed by atoms with Crippen LogP contribution in [0, 0.1) is 10.8 Å². The number of hydrogen-bond donors (Lipinski definition) is 1.